The van der Waals surface area contributed by atoms with Crippen LogP contribution in [-0.4, -0.2) is 49.1 Å². The number of hydrogen-bond donors (Lipinski definition) is 0. The first kappa shape index (κ1) is 14.9. The first-order chi connectivity index (χ1) is 9.75. The summed E-state index contributed by atoms with van der Waals surface area (Å²) in [4.78, 5) is 16.0. The van der Waals surface area contributed by atoms with Gasteiger partial charge in [-0.25, -0.2) is 4.79 Å². The number of carbonyl (C=O) groups is 1. The predicted molar refractivity (Wildman–Crippen MR) is 79.5 cm³/mol. The predicted octanol–water partition coefficient (Wildman–Crippen LogP) is 2.74. The Morgan fingerprint density at radius 2 is 1.90 bits per heavy atom. The number of likely N-dealkylation sites (tertiary alicyclic amines) is 1. The Bertz CT molecular complexity index is 402. The van der Waals surface area contributed by atoms with Gasteiger partial charge in [-0.15, -0.1) is 0 Å². The topological polar surface area (TPSA) is 32.8 Å². The number of carbonyl (C=O) groups excluding carboxylic acids is 1. The van der Waals surface area contributed by atoms with E-state index in [1.165, 1.54) is 19.3 Å². The van der Waals surface area contributed by atoms with Gasteiger partial charge in [-0.2, -0.15) is 0 Å². The summed E-state index contributed by atoms with van der Waals surface area (Å²) < 4.78 is 5.30. The molecule has 0 radical (unpaired) electrons. The Morgan fingerprint density at radius 1 is 1.20 bits per heavy atom. The van der Waals surface area contributed by atoms with Crippen molar-refractivity contribution in [2.45, 2.75) is 25.9 Å². The van der Waals surface area contributed by atoms with E-state index in [9.17, 15) is 4.79 Å². The fourth-order valence-electron chi connectivity index (χ4n) is 2.40. The van der Waals surface area contributed by atoms with Crippen molar-refractivity contribution in [1.82, 2.24) is 9.80 Å². The average molecular weight is 276 g/mol. The highest BCUT2D eigenvalue weighted by Gasteiger charge is 2.14. The van der Waals surface area contributed by atoms with Crippen LogP contribution < -0.4 is 0 Å². The standard InChI is InChI=1S/C16H24N2O2/c1-17(12-13-18-10-6-3-7-11-18)16(19)20-14-15-8-4-2-5-9-15/h2,4-5,8-9H,3,6-7,10-14H2,1H3. The highest BCUT2D eigenvalue weighted by atomic mass is 16.6. The van der Waals surface area contributed by atoms with Crippen LogP contribution in [0.4, 0.5) is 4.79 Å². The lowest BCUT2D eigenvalue weighted by molar-refractivity contribution is 0.0988. The molecule has 1 aliphatic rings. The third kappa shape index (κ3) is 4.85. The molecule has 0 saturated carbocycles. The van der Waals surface area contributed by atoms with Crippen LogP contribution in [0.15, 0.2) is 30.3 Å². The molecule has 0 unspecified atom stereocenters. The number of ether oxygens (including phenoxy) is 1. The van der Waals surface area contributed by atoms with Gasteiger partial charge in [-0.05, 0) is 31.5 Å². The monoisotopic (exact) mass is 276 g/mol. The minimum atomic E-state index is -0.245. The molecule has 1 fully saturated rings. The van der Waals surface area contributed by atoms with Crippen LogP contribution in [0.2, 0.25) is 0 Å². The molecule has 1 aromatic rings. The molecule has 1 amide bonds. The Labute approximate surface area is 121 Å². The first-order valence-electron chi connectivity index (χ1n) is 7.40. The highest BCUT2D eigenvalue weighted by Crippen LogP contribution is 2.08. The van der Waals surface area contributed by atoms with E-state index in [-0.39, 0.29) is 6.09 Å². The maximum absolute atomic E-state index is 11.9. The van der Waals surface area contributed by atoms with Crippen molar-refractivity contribution >= 4 is 6.09 Å². The molecule has 20 heavy (non-hydrogen) atoms. The Morgan fingerprint density at radius 3 is 2.60 bits per heavy atom. The lowest BCUT2D eigenvalue weighted by Gasteiger charge is -2.28. The van der Waals surface area contributed by atoms with Crippen molar-refractivity contribution in [3.8, 4) is 0 Å². The maximum Gasteiger partial charge on any atom is 0.409 e. The lowest BCUT2D eigenvalue weighted by Crippen LogP contribution is -2.38. The van der Waals surface area contributed by atoms with Gasteiger partial charge in [0.05, 0.1) is 0 Å². The molecule has 0 spiro atoms. The molecule has 0 aromatic heterocycles. The van der Waals surface area contributed by atoms with E-state index in [0.717, 1.165) is 31.7 Å². The second kappa shape index (κ2) is 7.90. The Kier molecular flexibility index (Phi) is 5.87. The van der Waals surface area contributed by atoms with E-state index in [1.807, 2.05) is 30.3 Å². The van der Waals surface area contributed by atoms with Gasteiger partial charge >= 0.3 is 6.09 Å². The van der Waals surface area contributed by atoms with Gasteiger partial charge in [-0.1, -0.05) is 36.8 Å². The maximum atomic E-state index is 11.9. The number of nitrogens with zero attached hydrogens (tertiary/aromatic N) is 2. The zero-order valence-electron chi connectivity index (χ0n) is 12.3. The van der Waals surface area contributed by atoms with Gasteiger partial charge in [0.25, 0.3) is 0 Å². The van der Waals surface area contributed by atoms with Crippen LogP contribution in [-0.2, 0) is 11.3 Å². The Hall–Kier alpha value is -1.55. The zero-order valence-corrected chi connectivity index (χ0v) is 12.3. The van der Waals surface area contributed by atoms with Gasteiger partial charge in [0.1, 0.15) is 6.61 Å². The molecule has 0 bridgehead atoms. The smallest absolute Gasteiger partial charge is 0.409 e. The molecule has 0 aliphatic carbocycles. The van der Waals surface area contributed by atoms with E-state index in [0.29, 0.717) is 6.61 Å². The molecule has 0 atom stereocenters. The number of benzene rings is 1. The van der Waals surface area contributed by atoms with Crippen molar-refractivity contribution in [3.63, 3.8) is 0 Å². The van der Waals surface area contributed by atoms with E-state index in [1.54, 1.807) is 11.9 Å². The average Bonchev–Trinajstić information content (AvgIpc) is 2.52. The highest BCUT2D eigenvalue weighted by molar-refractivity contribution is 5.67. The van der Waals surface area contributed by atoms with Crippen LogP contribution >= 0.6 is 0 Å². The second-order valence-corrected chi connectivity index (χ2v) is 5.36. The summed E-state index contributed by atoms with van der Waals surface area (Å²) in [6, 6.07) is 9.77. The molecule has 110 valence electrons. The summed E-state index contributed by atoms with van der Waals surface area (Å²) in [5, 5.41) is 0. The van der Waals surface area contributed by atoms with E-state index < -0.39 is 0 Å². The molecule has 1 aromatic carbocycles. The normalized spacial score (nSPS) is 15.8. The third-order valence-corrected chi connectivity index (χ3v) is 3.72. The summed E-state index contributed by atoms with van der Waals surface area (Å²) in [5.41, 5.74) is 1.02. The molecular formula is C16H24N2O2. The van der Waals surface area contributed by atoms with Gasteiger partial charge in [0, 0.05) is 20.1 Å². The van der Waals surface area contributed by atoms with Crippen LogP contribution in [0.5, 0.6) is 0 Å². The molecule has 4 heteroatoms. The van der Waals surface area contributed by atoms with E-state index >= 15 is 0 Å². The molecule has 1 heterocycles. The fourth-order valence-corrected chi connectivity index (χ4v) is 2.40. The van der Waals surface area contributed by atoms with Crippen molar-refractivity contribution in [2.24, 2.45) is 0 Å². The SMILES string of the molecule is CN(CCN1CCCCC1)C(=O)OCc1ccccc1. The number of amides is 1. The van der Waals surface area contributed by atoms with Crippen molar-refractivity contribution < 1.29 is 9.53 Å². The summed E-state index contributed by atoms with van der Waals surface area (Å²) in [6.45, 7) is 4.33. The van der Waals surface area contributed by atoms with Crippen molar-refractivity contribution in [2.75, 3.05) is 33.2 Å². The van der Waals surface area contributed by atoms with Gasteiger partial charge in [0.2, 0.25) is 0 Å². The van der Waals surface area contributed by atoms with E-state index in [4.69, 9.17) is 4.74 Å². The minimum absolute atomic E-state index is 0.245. The lowest BCUT2D eigenvalue weighted by atomic mass is 10.1. The molecule has 4 nitrogen and oxygen atoms in total. The van der Waals surface area contributed by atoms with Gasteiger partial charge < -0.3 is 14.5 Å². The Balaban J connectivity index is 1.66. The molecule has 2 rings (SSSR count). The van der Waals surface area contributed by atoms with Crippen LogP contribution in [0.25, 0.3) is 0 Å². The minimum Gasteiger partial charge on any atom is -0.445 e. The molecule has 1 saturated heterocycles. The number of rotatable bonds is 5. The second-order valence-electron chi connectivity index (χ2n) is 5.36. The number of piperidine rings is 1. The summed E-state index contributed by atoms with van der Waals surface area (Å²) in [5.74, 6) is 0. The number of hydrogen-bond acceptors (Lipinski definition) is 3. The van der Waals surface area contributed by atoms with Crippen molar-refractivity contribution in [3.05, 3.63) is 35.9 Å². The largest absolute Gasteiger partial charge is 0.445 e. The van der Waals surface area contributed by atoms with Crippen LogP contribution in [0.3, 0.4) is 0 Å². The van der Waals surface area contributed by atoms with Crippen molar-refractivity contribution in [1.29, 1.82) is 0 Å². The fraction of sp³-hybridized carbons (Fsp3) is 0.562. The quantitative estimate of drug-likeness (QED) is 0.829. The first-order valence-corrected chi connectivity index (χ1v) is 7.40. The zero-order chi connectivity index (χ0) is 14.2. The van der Waals surface area contributed by atoms with Crippen LogP contribution in [0.1, 0.15) is 24.8 Å². The summed E-state index contributed by atoms with van der Waals surface area (Å²) >= 11 is 0. The molecule has 0 N–H and O–H groups in total. The van der Waals surface area contributed by atoms with Gasteiger partial charge in [-0.3, -0.25) is 0 Å². The third-order valence-electron chi connectivity index (χ3n) is 3.72. The number of likely N-dealkylation sites (N-methyl/N-ethyl adjacent to an activating group) is 1. The molecule has 1 aliphatic heterocycles. The van der Waals surface area contributed by atoms with E-state index in [2.05, 4.69) is 4.90 Å². The van der Waals surface area contributed by atoms with Gasteiger partial charge in [0.15, 0.2) is 0 Å². The van der Waals surface area contributed by atoms with Crippen LogP contribution in [0, 0.1) is 0 Å². The summed E-state index contributed by atoms with van der Waals surface area (Å²) in [6.07, 6.45) is 3.65. The summed E-state index contributed by atoms with van der Waals surface area (Å²) in [7, 11) is 1.80. The molecular weight excluding hydrogens is 252 g/mol.